The number of aromatic nitrogens is 2. The molecule has 0 saturated carbocycles. The van der Waals surface area contributed by atoms with E-state index in [2.05, 4.69) is 45.4 Å². The highest BCUT2D eigenvalue weighted by molar-refractivity contribution is 5.95. The number of piperazine rings is 1. The van der Waals surface area contributed by atoms with Crippen LogP contribution in [0.25, 0.3) is 22.0 Å². The van der Waals surface area contributed by atoms with Gasteiger partial charge in [0.15, 0.2) is 5.82 Å². The molecule has 0 unspecified atom stereocenters. The standard InChI is InChI=1S/C23H26N4O/c1-23(2,3)22(28)27-15-13-26(14-16-27)21-12-11-20(24-25-21)19-10-6-8-17-7-4-5-9-18(17)19/h4-12H,13-16H2,1-3H3. The average molecular weight is 374 g/mol. The largest absolute Gasteiger partial charge is 0.352 e. The van der Waals surface area contributed by atoms with Crippen molar-refractivity contribution in [3.05, 3.63) is 54.6 Å². The number of carbonyl (C=O) groups excluding carboxylic acids is 1. The minimum absolute atomic E-state index is 0.213. The van der Waals surface area contributed by atoms with Gasteiger partial charge >= 0.3 is 0 Å². The van der Waals surface area contributed by atoms with Gasteiger partial charge in [-0.3, -0.25) is 4.79 Å². The van der Waals surface area contributed by atoms with E-state index < -0.39 is 0 Å². The van der Waals surface area contributed by atoms with Gasteiger partial charge in [-0.1, -0.05) is 63.2 Å². The van der Waals surface area contributed by atoms with E-state index in [1.165, 1.54) is 10.8 Å². The molecular weight excluding hydrogens is 348 g/mol. The third-order valence-corrected chi connectivity index (χ3v) is 5.25. The molecule has 1 aliphatic rings. The first-order valence-electron chi connectivity index (χ1n) is 9.80. The van der Waals surface area contributed by atoms with E-state index in [4.69, 9.17) is 0 Å². The number of rotatable bonds is 2. The van der Waals surface area contributed by atoms with E-state index in [9.17, 15) is 4.79 Å². The fraction of sp³-hybridized carbons (Fsp3) is 0.348. The summed E-state index contributed by atoms with van der Waals surface area (Å²) in [5.41, 5.74) is 1.64. The highest BCUT2D eigenvalue weighted by Gasteiger charge is 2.30. The molecule has 0 atom stereocenters. The summed E-state index contributed by atoms with van der Waals surface area (Å²) in [7, 11) is 0. The topological polar surface area (TPSA) is 49.3 Å². The van der Waals surface area contributed by atoms with E-state index in [0.29, 0.717) is 0 Å². The molecule has 4 rings (SSSR count). The Balaban J connectivity index is 1.49. The average Bonchev–Trinajstić information content (AvgIpc) is 2.72. The van der Waals surface area contributed by atoms with Crippen LogP contribution in [0.3, 0.4) is 0 Å². The lowest BCUT2D eigenvalue weighted by atomic mass is 9.94. The lowest BCUT2D eigenvalue weighted by molar-refractivity contribution is -0.139. The number of hydrogen-bond acceptors (Lipinski definition) is 4. The number of anilines is 1. The van der Waals surface area contributed by atoms with E-state index in [0.717, 1.165) is 43.3 Å². The fourth-order valence-corrected chi connectivity index (χ4v) is 3.70. The molecule has 0 aliphatic carbocycles. The Morgan fingerprint density at radius 3 is 2.25 bits per heavy atom. The van der Waals surface area contributed by atoms with Crippen LogP contribution in [0.5, 0.6) is 0 Å². The number of nitrogens with zero attached hydrogens (tertiary/aromatic N) is 4. The van der Waals surface area contributed by atoms with Crippen molar-refractivity contribution in [1.82, 2.24) is 15.1 Å². The molecule has 1 aromatic heterocycles. The predicted molar refractivity (Wildman–Crippen MR) is 113 cm³/mol. The van der Waals surface area contributed by atoms with Crippen LogP contribution in [0.4, 0.5) is 5.82 Å². The molecule has 5 heteroatoms. The van der Waals surface area contributed by atoms with Gasteiger partial charge in [-0.2, -0.15) is 0 Å². The number of fused-ring (bicyclic) bond motifs is 1. The second-order valence-corrected chi connectivity index (χ2v) is 8.33. The highest BCUT2D eigenvalue weighted by atomic mass is 16.2. The zero-order valence-electron chi connectivity index (χ0n) is 16.7. The first-order valence-corrected chi connectivity index (χ1v) is 9.80. The van der Waals surface area contributed by atoms with Gasteiger partial charge in [0, 0.05) is 37.2 Å². The fourth-order valence-electron chi connectivity index (χ4n) is 3.70. The van der Waals surface area contributed by atoms with Crippen molar-refractivity contribution in [2.24, 2.45) is 5.41 Å². The Kier molecular flexibility index (Phi) is 4.75. The lowest BCUT2D eigenvalue weighted by Gasteiger charge is -2.38. The molecule has 0 radical (unpaired) electrons. The quantitative estimate of drug-likeness (QED) is 0.680. The molecule has 5 nitrogen and oxygen atoms in total. The monoisotopic (exact) mass is 374 g/mol. The van der Waals surface area contributed by atoms with Crippen molar-refractivity contribution in [3.8, 4) is 11.3 Å². The van der Waals surface area contributed by atoms with Gasteiger partial charge in [-0.25, -0.2) is 0 Å². The van der Waals surface area contributed by atoms with Crippen LogP contribution in [-0.2, 0) is 4.79 Å². The number of hydrogen-bond donors (Lipinski definition) is 0. The van der Waals surface area contributed by atoms with Gasteiger partial charge in [-0.15, -0.1) is 10.2 Å². The Morgan fingerprint density at radius 2 is 1.57 bits per heavy atom. The van der Waals surface area contributed by atoms with Crippen LogP contribution >= 0.6 is 0 Å². The molecule has 2 aromatic carbocycles. The molecule has 3 aromatic rings. The highest BCUT2D eigenvalue weighted by Crippen LogP contribution is 2.28. The van der Waals surface area contributed by atoms with Gasteiger partial charge in [0.2, 0.25) is 5.91 Å². The number of carbonyl (C=O) groups is 1. The summed E-state index contributed by atoms with van der Waals surface area (Å²) in [5.74, 6) is 1.08. The van der Waals surface area contributed by atoms with Crippen LogP contribution in [0.1, 0.15) is 20.8 Å². The van der Waals surface area contributed by atoms with E-state index in [1.807, 2.05) is 49.9 Å². The van der Waals surface area contributed by atoms with E-state index in [1.54, 1.807) is 0 Å². The van der Waals surface area contributed by atoms with Crippen molar-refractivity contribution in [3.63, 3.8) is 0 Å². The molecule has 2 heterocycles. The minimum atomic E-state index is -0.331. The summed E-state index contributed by atoms with van der Waals surface area (Å²) in [6.07, 6.45) is 0. The van der Waals surface area contributed by atoms with Crippen molar-refractivity contribution in [1.29, 1.82) is 0 Å². The maximum absolute atomic E-state index is 12.5. The smallest absolute Gasteiger partial charge is 0.228 e. The number of benzene rings is 2. The maximum Gasteiger partial charge on any atom is 0.228 e. The minimum Gasteiger partial charge on any atom is -0.352 e. The zero-order chi connectivity index (χ0) is 19.7. The molecule has 28 heavy (non-hydrogen) atoms. The molecule has 0 bridgehead atoms. The SMILES string of the molecule is CC(C)(C)C(=O)N1CCN(c2ccc(-c3cccc4ccccc34)nn2)CC1. The van der Waals surface area contributed by atoms with Crippen molar-refractivity contribution in [2.75, 3.05) is 31.1 Å². The van der Waals surface area contributed by atoms with E-state index in [-0.39, 0.29) is 11.3 Å². The van der Waals surface area contributed by atoms with Gasteiger partial charge in [-0.05, 0) is 22.9 Å². The normalized spacial score (nSPS) is 15.1. The van der Waals surface area contributed by atoms with Crippen LogP contribution in [0.2, 0.25) is 0 Å². The first-order chi connectivity index (χ1) is 13.4. The summed E-state index contributed by atoms with van der Waals surface area (Å²) >= 11 is 0. The summed E-state index contributed by atoms with van der Waals surface area (Å²) in [6.45, 7) is 8.93. The van der Waals surface area contributed by atoms with Crippen LogP contribution in [0, 0.1) is 5.41 Å². The molecule has 1 aliphatic heterocycles. The van der Waals surface area contributed by atoms with Crippen LogP contribution < -0.4 is 4.90 Å². The second kappa shape index (κ2) is 7.23. The molecule has 0 spiro atoms. The van der Waals surface area contributed by atoms with Crippen molar-refractivity contribution < 1.29 is 4.79 Å². The van der Waals surface area contributed by atoms with Crippen LogP contribution in [0.15, 0.2) is 54.6 Å². The van der Waals surface area contributed by atoms with Crippen molar-refractivity contribution >= 4 is 22.5 Å². The molecule has 1 saturated heterocycles. The zero-order valence-corrected chi connectivity index (χ0v) is 16.7. The first kappa shape index (κ1) is 18.4. The van der Waals surface area contributed by atoms with E-state index >= 15 is 0 Å². The third kappa shape index (κ3) is 3.57. The third-order valence-electron chi connectivity index (χ3n) is 5.25. The van der Waals surface area contributed by atoms with Crippen molar-refractivity contribution in [2.45, 2.75) is 20.8 Å². The molecular formula is C23H26N4O. The molecule has 0 N–H and O–H groups in total. The Labute approximate surface area is 166 Å². The Morgan fingerprint density at radius 1 is 0.857 bits per heavy atom. The summed E-state index contributed by atoms with van der Waals surface area (Å²) < 4.78 is 0. The van der Waals surface area contributed by atoms with Gasteiger partial charge in [0.25, 0.3) is 0 Å². The van der Waals surface area contributed by atoms with Gasteiger partial charge in [0.1, 0.15) is 0 Å². The second-order valence-electron chi connectivity index (χ2n) is 8.33. The summed E-state index contributed by atoms with van der Waals surface area (Å²) in [4.78, 5) is 16.6. The van der Waals surface area contributed by atoms with Crippen LogP contribution in [-0.4, -0.2) is 47.2 Å². The molecule has 1 fully saturated rings. The lowest BCUT2D eigenvalue weighted by Crippen LogP contribution is -2.51. The van der Waals surface area contributed by atoms with Gasteiger partial charge in [0.05, 0.1) is 5.69 Å². The maximum atomic E-state index is 12.5. The van der Waals surface area contributed by atoms with Gasteiger partial charge < -0.3 is 9.80 Å². The summed E-state index contributed by atoms with van der Waals surface area (Å²) in [5, 5.41) is 11.4. The number of amides is 1. The summed E-state index contributed by atoms with van der Waals surface area (Å²) in [6, 6.07) is 18.6. The molecule has 144 valence electrons. The predicted octanol–water partition coefficient (Wildman–Crippen LogP) is 3.99. The molecule has 1 amide bonds. The Hall–Kier alpha value is -2.95. The Bertz CT molecular complexity index is 978.